The molecular formula is C30H42FN5O3. The highest BCUT2D eigenvalue weighted by molar-refractivity contribution is 5.88. The van der Waals surface area contributed by atoms with Gasteiger partial charge in [-0.1, -0.05) is 43.2 Å². The second kappa shape index (κ2) is 13.0. The molecule has 1 aromatic carbocycles. The Kier molecular flexibility index (Phi) is 9.19. The van der Waals surface area contributed by atoms with Gasteiger partial charge in [0.2, 0.25) is 0 Å². The molecule has 2 unspecified atom stereocenters. The molecule has 1 aromatic heterocycles. The van der Waals surface area contributed by atoms with Gasteiger partial charge in [-0.2, -0.15) is 5.10 Å². The zero-order valence-electron chi connectivity index (χ0n) is 22.7. The maximum Gasteiger partial charge on any atom is 0.325 e. The average Bonchev–Trinajstić information content (AvgIpc) is 3.70. The molecular weight excluding hydrogens is 497 g/mol. The average molecular weight is 540 g/mol. The van der Waals surface area contributed by atoms with Crippen LogP contribution in [0.25, 0.3) is 10.9 Å². The Bertz CT molecular complexity index is 1190. The quantitative estimate of drug-likeness (QED) is 0.331. The number of carboxylic acids is 1. The maximum atomic E-state index is 15.2. The number of rotatable bonds is 12. The van der Waals surface area contributed by atoms with E-state index in [-0.39, 0.29) is 12.0 Å². The summed E-state index contributed by atoms with van der Waals surface area (Å²) in [5, 5.41) is 19.0. The number of unbranched alkanes of at least 4 members (excludes halogenated alkanes) is 3. The van der Waals surface area contributed by atoms with Crippen molar-refractivity contribution in [2.75, 3.05) is 32.8 Å². The van der Waals surface area contributed by atoms with Crippen LogP contribution in [0.2, 0.25) is 0 Å². The number of hydrogen-bond acceptors (Lipinski definition) is 6. The Hall–Kier alpha value is -2.91. The number of nitrogens with zero attached hydrogens (tertiary/aromatic N) is 3. The van der Waals surface area contributed by atoms with Gasteiger partial charge in [-0.05, 0) is 57.1 Å². The number of carboxylic acid groups (broad SMARTS) is 1. The van der Waals surface area contributed by atoms with Crippen molar-refractivity contribution in [3.05, 3.63) is 53.5 Å². The van der Waals surface area contributed by atoms with Crippen LogP contribution in [0.5, 0.6) is 0 Å². The van der Waals surface area contributed by atoms with Crippen LogP contribution in [0.15, 0.2) is 47.9 Å². The zero-order valence-corrected chi connectivity index (χ0v) is 22.7. The third-order valence-corrected chi connectivity index (χ3v) is 8.52. The summed E-state index contributed by atoms with van der Waals surface area (Å²) in [5.41, 5.74) is 8.77. The van der Waals surface area contributed by atoms with Crippen LogP contribution in [-0.4, -0.2) is 64.8 Å². The van der Waals surface area contributed by atoms with Crippen LogP contribution in [0, 0.1) is 5.92 Å². The minimum Gasteiger partial charge on any atom is -0.480 e. The Morgan fingerprint density at radius 2 is 2.21 bits per heavy atom. The lowest BCUT2D eigenvalue weighted by Gasteiger charge is -2.26. The van der Waals surface area contributed by atoms with Crippen LogP contribution in [0.3, 0.4) is 0 Å². The molecule has 5 rings (SSSR count). The summed E-state index contributed by atoms with van der Waals surface area (Å²) in [5.74, 6) is -0.240. The Labute approximate surface area is 230 Å². The molecule has 39 heavy (non-hydrogen) atoms. The monoisotopic (exact) mass is 539 g/mol. The number of hydrogen-bond donors (Lipinski definition) is 3. The van der Waals surface area contributed by atoms with Gasteiger partial charge in [0, 0.05) is 36.6 Å². The number of fused-ring (bicyclic) bond motifs is 1. The summed E-state index contributed by atoms with van der Waals surface area (Å²) in [6, 6.07) is 5.04. The number of nitrogens with one attached hydrogen (secondary N) is 1. The van der Waals surface area contributed by atoms with Crippen LogP contribution in [0.4, 0.5) is 4.39 Å². The fourth-order valence-corrected chi connectivity index (χ4v) is 6.34. The molecule has 4 heterocycles. The van der Waals surface area contributed by atoms with E-state index >= 15 is 4.39 Å². The van der Waals surface area contributed by atoms with Gasteiger partial charge in [-0.3, -0.25) is 14.4 Å². The molecule has 2 fully saturated rings. The molecule has 212 valence electrons. The van der Waals surface area contributed by atoms with Gasteiger partial charge in [-0.15, -0.1) is 0 Å². The van der Waals surface area contributed by atoms with E-state index in [9.17, 15) is 9.90 Å². The predicted octanol–water partition coefficient (Wildman–Crippen LogP) is 4.84. The topological polar surface area (TPSA) is 106 Å². The van der Waals surface area contributed by atoms with E-state index in [4.69, 9.17) is 10.5 Å². The van der Waals surface area contributed by atoms with Gasteiger partial charge in [-0.25, -0.2) is 4.39 Å². The molecule has 9 heteroatoms. The first-order valence-corrected chi connectivity index (χ1v) is 14.6. The first-order valence-electron chi connectivity index (χ1n) is 14.6. The van der Waals surface area contributed by atoms with Crippen molar-refractivity contribution in [2.24, 2.45) is 11.7 Å². The van der Waals surface area contributed by atoms with Gasteiger partial charge in [0.15, 0.2) is 0 Å². The van der Waals surface area contributed by atoms with Gasteiger partial charge in [0.25, 0.3) is 0 Å². The Balaban J connectivity index is 1.14. The lowest BCUT2D eigenvalue weighted by molar-refractivity contribution is -0.143. The van der Waals surface area contributed by atoms with Gasteiger partial charge < -0.3 is 20.9 Å². The zero-order chi connectivity index (χ0) is 27.2. The molecule has 4 atom stereocenters. The highest BCUT2D eigenvalue weighted by Gasteiger charge is 2.38. The lowest BCUT2D eigenvalue weighted by atomic mass is 9.97. The largest absolute Gasteiger partial charge is 0.480 e. The molecule has 0 bridgehead atoms. The number of alkyl halides is 1. The predicted molar refractivity (Wildman–Crippen MR) is 150 cm³/mol. The summed E-state index contributed by atoms with van der Waals surface area (Å²) >= 11 is 0. The van der Waals surface area contributed by atoms with E-state index in [1.165, 1.54) is 5.57 Å². The Morgan fingerprint density at radius 3 is 3.00 bits per heavy atom. The van der Waals surface area contributed by atoms with Gasteiger partial charge in [0.1, 0.15) is 12.2 Å². The van der Waals surface area contributed by atoms with Gasteiger partial charge in [0.05, 0.1) is 30.2 Å². The Morgan fingerprint density at radius 1 is 1.31 bits per heavy atom. The number of nitrogens with two attached hydrogens (primary N) is 1. The molecule has 0 saturated carbocycles. The fraction of sp³-hybridized carbons (Fsp3) is 0.600. The summed E-state index contributed by atoms with van der Waals surface area (Å²) in [7, 11) is 0. The molecule has 4 N–H and O–H groups in total. The number of carbonyl (C=O) groups is 1. The van der Waals surface area contributed by atoms with Crippen molar-refractivity contribution in [1.29, 1.82) is 0 Å². The summed E-state index contributed by atoms with van der Waals surface area (Å²) in [6.07, 6.45) is 13.3. The van der Waals surface area contributed by atoms with E-state index in [1.807, 2.05) is 27.8 Å². The van der Waals surface area contributed by atoms with Crippen LogP contribution in [-0.2, 0) is 9.53 Å². The molecule has 2 saturated heterocycles. The maximum absolute atomic E-state index is 15.2. The first kappa shape index (κ1) is 27.6. The van der Waals surface area contributed by atoms with Crippen molar-refractivity contribution < 1.29 is 19.0 Å². The molecule has 3 aliphatic heterocycles. The van der Waals surface area contributed by atoms with Crippen molar-refractivity contribution in [3.8, 4) is 0 Å². The van der Waals surface area contributed by atoms with E-state index in [0.29, 0.717) is 39.1 Å². The molecule has 0 radical (unpaired) electrons. The molecule has 0 spiro atoms. The minimum atomic E-state index is -0.907. The van der Waals surface area contributed by atoms with Crippen LogP contribution < -0.4 is 11.1 Å². The van der Waals surface area contributed by atoms with Crippen molar-refractivity contribution in [3.63, 3.8) is 0 Å². The van der Waals surface area contributed by atoms with E-state index < -0.39 is 18.2 Å². The number of aromatic nitrogens is 2. The third-order valence-electron chi connectivity index (χ3n) is 8.52. The summed E-state index contributed by atoms with van der Waals surface area (Å²) in [4.78, 5) is 14.5. The number of likely N-dealkylation sites (tertiary alicyclic amines) is 1. The fourth-order valence-electron chi connectivity index (χ4n) is 6.34. The van der Waals surface area contributed by atoms with E-state index in [2.05, 4.69) is 22.6 Å². The molecule has 3 aliphatic rings. The smallest absolute Gasteiger partial charge is 0.325 e. The third kappa shape index (κ3) is 6.47. The number of para-hydroxylation sites is 1. The second-order valence-electron chi connectivity index (χ2n) is 11.2. The van der Waals surface area contributed by atoms with E-state index in [1.54, 1.807) is 6.20 Å². The number of allylic oxidation sites excluding steroid dienone is 3. The number of benzene rings is 1. The number of halogens is 1. The molecule has 8 nitrogen and oxygen atoms in total. The minimum absolute atomic E-state index is 0.106. The number of ether oxygens (including phenoxy) is 1. The lowest BCUT2D eigenvalue weighted by Crippen LogP contribution is -2.34. The highest BCUT2D eigenvalue weighted by atomic mass is 19.1. The summed E-state index contributed by atoms with van der Waals surface area (Å²) < 4.78 is 22.7. The molecule has 0 amide bonds. The van der Waals surface area contributed by atoms with E-state index in [0.717, 1.165) is 73.8 Å². The van der Waals surface area contributed by atoms with Gasteiger partial charge >= 0.3 is 5.97 Å². The SMILES string of the molecule is NC1=C(/C=C\CCCCCC(F)[C@@H]2CCN(C(C(=O)O)c3cccc4cnn([C@@H]5CCOC5)c34)C2)CCCN1. The van der Waals surface area contributed by atoms with Crippen molar-refractivity contribution >= 4 is 16.9 Å². The second-order valence-corrected chi connectivity index (χ2v) is 11.2. The summed E-state index contributed by atoms with van der Waals surface area (Å²) in [6.45, 7) is 3.25. The standard InChI is InChI=1S/C30H42FN5O3/c31-26(12-5-3-1-2-4-8-21-10-7-15-33-29(21)32)23-13-16-35(19-23)28(30(37)38)25-11-6-9-22-18-34-36(27(22)25)24-14-17-39-20-24/h4,6,8-9,11,18,23-24,26,28,33H,1-3,5,7,10,12-17,19-20,32H2,(H,37,38)/b8-4-/t23-,24-,26?,28?/m1/s1. The van der Waals surface area contributed by atoms with Crippen molar-refractivity contribution in [1.82, 2.24) is 20.0 Å². The highest BCUT2D eigenvalue weighted by Crippen LogP contribution is 2.36. The van der Waals surface area contributed by atoms with Crippen LogP contribution in [0.1, 0.15) is 75.4 Å². The molecule has 0 aliphatic carbocycles. The number of aliphatic carboxylic acids is 1. The van der Waals surface area contributed by atoms with Crippen LogP contribution >= 0.6 is 0 Å². The normalized spacial score (nSPS) is 24.0. The first-order chi connectivity index (χ1) is 19.0. The molecule has 2 aromatic rings. The van der Waals surface area contributed by atoms with Crippen molar-refractivity contribution in [2.45, 2.75) is 76.0 Å².